The van der Waals surface area contributed by atoms with Crippen LogP contribution in [0.1, 0.15) is 185 Å². The summed E-state index contributed by atoms with van der Waals surface area (Å²) in [5.74, 6) is 1.01. The van der Waals surface area contributed by atoms with Crippen LogP contribution in [0.15, 0.2) is 183 Å². The van der Waals surface area contributed by atoms with Crippen molar-refractivity contribution in [1.29, 1.82) is 0 Å². The van der Waals surface area contributed by atoms with Gasteiger partial charge in [-0.25, -0.2) is 93.4 Å². The summed E-state index contributed by atoms with van der Waals surface area (Å²) in [7, 11) is 0. The normalized spacial score (nSPS) is 20.2. The fourth-order valence-corrected chi connectivity index (χ4v) is 14.5. The van der Waals surface area contributed by atoms with E-state index in [1.807, 2.05) is 41.5 Å². The quantitative estimate of drug-likeness (QED) is 0.0535. The first-order valence-electron chi connectivity index (χ1n) is 41.8. The standard InChI is InChI=1S/C19H19FN4O3.4C18H17FN4O3/c1-11-6-8-26-19(25)15-10-21-24-7-5-17(23-18(15)24)22-12(2)14-9-13(20)3-4-16(14)27-11;4*1-10-9-25-18(24)14-8-20-23-6-5-16(22-17(14)23)21-11(2)13-7-12(19)3-4-15(13)26-10/h3-5,7,9-12H,6,8H2,1-2H3,(H,22,23);4*3-8,10-11H,9H2,1-2H3,(H,21,22)/t11-,12+;2*10-,11+;2*10-,11-/m01010/s1. The van der Waals surface area contributed by atoms with Crippen LogP contribution < -0.4 is 50.3 Å². The molecule has 5 N–H and O–H groups in total. The molecule has 0 unspecified atom stereocenters. The average molecular weight is 1800 g/mol. The van der Waals surface area contributed by atoms with E-state index in [9.17, 15) is 45.9 Å². The Morgan fingerprint density at radius 2 is 0.473 bits per heavy atom. The molecule has 0 amide bonds. The summed E-state index contributed by atoms with van der Waals surface area (Å²) in [4.78, 5) is 84.0. The van der Waals surface area contributed by atoms with Crippen molar-refractivity contribution in [3.63, 3.8) is 0 Å². The number of aromatic nitrogens is 15. The molecule has 40 heteroatoms. The van der Waals surface area contributed by atoms with Gasteiger partial charge in [0.05, 0.1) is 73.9 Å². The second kappa shape index (κ2) is 38.4. The number of nitrogens with zero attached hydrogens (tertiary/aromatic N) is 15. The number of anilines is 5. The van der Waals surface area contributed by atoms with Gasteiger partial charge in [-0.05, 0) is 191 Å². The number of hydrogen-bond acceptors (Lipinski definition) is 30. The van der Waals surface area contributed by atoms with Crippen LogP contribution in [0.5, 0.6) is 28.7 Å². The smallest absolute Gasteiger partial charge is 0.343 e. The molecule has 5 aliphatic rings. The number of benzene rings is 5. The minimum atomic E-state index is -0.522. The molecule has 131 heavy (non-hydrogen) atoms. The van der Waals surface area contributed by atoms with Gasteiger partial charge in [0.25, 0.3) is 0 Å². The maximum absolute atomic E-state index is 13.8. The van der Waals surface area contributed by atoms with Gasteiger partial charge in [-0.3, -0.25) is 0 Å². The molecule has 0 saturated heterocycles. The van der Waals surface area contributed by atoms with Crippen LogP contribution in [0.3, 0.4) is 0 Å². The van der Waals surface area contributed by atoms with E-state index >= 15 is 0 Å². The first-order chi connectivity index (χ1) is 63.0. The summed E-state index contributed by atoms with van der Waals surface area (Å²) in [5, 5.41) is 36.7. The largest absolute Gasteiger partial charge is 0.490 e. The summed E-state index contributed by atoms with van der Waals surface area (Å²) < 4.78 is 133. The first kappa shape index (κ1) is 88.6. The van der Waals surface area contributed by atoms with E-state index < -0.39 is 54.3 Å². The maximum atomic E-state index is 13.8. The third-order valence-corrected chi connectivity index (χ3v) is 21.2. The molecule has 0 fully saturated rings. The third kappa shape index (κ3) is 20.4. The van der Waals surface area contributed by atoms with Gasteiger partial charge in [0.1, 0.15) is 166 Å². The van der Waals surface area contributed by atoms with Crippen molar-refractivity contribution in [3.05, 3.63) is 268 Å². The van der Waals surface area contributed by atoms with Crippen molar-refractivity contribution in [1.82, 2.24) is 73.0 Å². The molecular formula is C91H87F5N20O15. The van der Waals surface area contributed by atoms with Gasteiger partial charge in [0, 0.05) is 65.2 Å². The van der Waals surface area contributed by atoms with Gasteiger partial charge in [-0.15, -0.1) is 0 Å². The summed E-state index contributed by atoms with van der Waals surface area (Å²) in [6.07, 6.45) is 14.3. The zero-order valence-electron chi connectivity index (χ0n) is 72.1. The fourth-order valence-electron chi connectivity index (χ4n) is 14.5. The molecule has 0 radical (unpaired) electrons. The van der Waals surface area contributed by atoms with Crippen LogP contribution in [-0.2, 0) is 23.7 Å². The number of nitrogens with one attached hydrogen (secondary N) is 5. The van der Waals surface area contributed by atoms with Gasteiger partial charge in [0.15, 0.2) is 28.2 Å². The second-order valence-corrected chi connectivity index (χ2v) is 31.4. The minimum Gasteiger partial charge on any atom is -0.490 e. The summed E-state index contributed by atoms with van der Waals surface area (Å²) in [6.45, 7) is 18.8. The Morgan fingerprint density at radius 1 is 0.275 bits per heavy atom. The number of esters is 5. The predicted molar refractivity (Wildman–Crippen MR) is 464 cm³/mol. The van der Waals surface area contributed by atoms with Crippen molar-refractivity contribution in [2.75, 3.05) is 59.6 Å². The highest BCUT2D eigenvalue weighted by atomic mass is 19.1. The van der Waals surface area contributed by atoms with E-state index in [0.29, 0.717) is 126 Å². The Bertz CT molecular complexity index is 6170. The molecule has 20 rings (SSSR count). The fraction of sp³-hybridized carbons (Fsp3) is 0.286. The van der Waals surface area contributed by atoms with Gasteiger partial charge >= 0.3 is 29.8 Å². The lowest BCUT2D eigenvalue weighted by Crippen LogP contribution is -2.22. The molecule has 5 aromatic carbocycles. The Morgan fingerprint density at radius 3 is 0.687 bits per heavy atom. The molecule has 10 aromatic heterocycles. The van der Waals surface area contributed by atoms with Gasteiger partial charge in [0.2, 0.25) is 0 Å². The molecule has 10 atom stereocenters. The molecule has 0 aliphatic carbocycles. The van der Waals surface area contributed by atoms with E-state index in [4.69, 9.17) is 47.4 Å². The van der Waals surface area contributed by atoms with Crippen molar-refractivity contribution >= 4 is 87.2 Å². The lowest BCUT2D eigenvalue weighted by Gasteiger charge is -2.22. The Kier molecular flexibility index (Phi) is 26.0. The Labute approximate surface area is 742 Å². The number of ether oxygens (including phenoxy) is 10. The molecule has 0 spiro atoms. The molecule has 10 bridgehead atoms. The molecule has 5 aliphatic heterocycles. The monoisotopic (exact) mass is 1790 g/mol. The maximum Gasteiger partial charge on any atom is 0.343 e. The molecular weight excluding hydrogens is 1710 g/mol. The third-order valence-electron chi connectivity index (χ3n) is 21.2. The van der Waals surface area contributed by atoms with Crippen LogP contribution in [0.25, 0.3) is 28.2 Å². The van der Waals surface area contributed by atoms with Crippen LogP contribution in [0.4, 0.5) is 51.0 Å². The number of rotatable bonds is 0. The number of halogens is 5. The van der Waals surface area contributed by atoms with Crippen LogP contribution in [0.2, 0.25) is 0 Å². The van der Waals surface area contributed by atoms with Crippen LogP contribution in [-0.4, -0.2) is 166 Å². The highest BCUT2D eigenvalue weighted by molar-refractivity contribution is 5.98. The molecule has 676 valence electrons. The Balaban J connectivity index is 0.000000120. The summed E-state index contributed by atoms with van der Waals surface area (Å²) in [6, 6.07) is 29.1. The van der Waals surface area contributed by atoms with E-state index in [1.54, 1.807) is 119 Å². The van der Waals surface area contributed by atoms with Gasteiger partial charge in [-0.1, -0.05) is 0 Å². The van der Waals surface area contributed by atoms with E-state index in [2.05, 4.69) is 77.0 Å². The minimum absolute atomic E-state index is 0.0501. The van der Waals surface area contributed by atoms with Crippen LogP contribution in [0, 0.1) is 29.1 Å². The Hall–Kier alpha value is -15.8. The van der Waals surface area contributed by atoms with E-state index in [1.165, 1.54) is 114 Å². The van der Waals surface area contributed by atoms with E-state index in [0.717, 1.165) is 0 Å². The SMILES string of the molecule is C[C@@H]1COC(=O)c2cnn3ccc(nc23)N[C@@H](C)c2cc(F)ccc2O1.C[C@@H]1COC(=O)c2cnn3ccc(nc23)N[C@H](C)c2cc(F)ccc2O1.C[C@@H]1Nc2ccn3ncc(c3n2)C(=O)OC[C@H](C)Oc2ccc(F)cc21.C[C@H]1CCOC(=O)c2cnn3ccc(nc23)N[C@H](C)c2cc(F)ccc2O1.C[C@H]1COC(=O)c2cnn3ccc(nc23)N[C@H](C)c2cc(F)ccc2O1. The highest BCUT2D eigenvalue weighted by Gasteiger charge is 2.30. The number of carbonyl (C=O) groups is 5. The first-order valence-corrected chi connectivity index (χ1v) is 41.8. The lowest BCUT2D eigenvalue weighted by molar-refractivity contribution is 0.0336. The number of cyclic esters (lactones) is 5. The van der Waals surface area contributed by atoms with Gasteiger partial charge in [-0.2, -0.15) is 25.5 Å². The summed E-state index contributed by atoms with van der Waals surface area (Å²) >= 11 is 0. The number of carbonyl (C=O) groups excluding carboxylic acids is 5. The van der Waals surface area contributed by atoms with Crippen molar-refractivity contribution in [2.45, 2.75) is 136 Å². The van der Waals surface area contributed by atoms with Crippen molar-refractivity contribution in [3.8, 4) is 28.7 Å². The molecule has 0 saturated carbocycles. The van der Waals surface area contributed by atoms with E-state index in [-0.39, 0.29) is 121 Å². The molecule has 15 aromatic rings. The van der Waals surface area contributed by atoms with Crippen molar-refractivity contribution in [2.24, 2.45) is 0 Å². The predicted octanol–water partition coefficient (Wildman–Crippen LogP) is 15.3. The average Bonchev–Trinajstić information content (AvgIpc) is 1.68. The zero-order valence-corrected chi connectivity index (χ0v) is 72.1. The zero-order chi connectivity index (χ0) is 92.0. The van der Waals surface area contributed by atoms with Crippen LogP contribution >= 0.6 is 0 Å². The summed E-state index contributed by atoms with van der Waals surface area (Å²) in [5.41, 5.74) is 6.64. The molecule has 15 heterocycles. The van der Waals surface area contributed by atoms with Crippen molar-refractivity contribution < 1.29 is 93.3 Å². The number of hydrogen-bond donors (Lipinski definition) is 5. The second-order valence-electron chi connectivity index (χ2n) is 31.4. The lowest BCUT2D eigenvalue weighted by atomic mass is 10.1. The topological polar surface area (TPSA) is 389 Å². The number of fused-ring (bicyclic) bond motifs is 10. The van der Waals surface area contributed by atoms with Gasteiger partial charge < -0.3 is 74.0 Å². The highest BCUT2D eigenvalue weighted by Crippen LogP contribution is 2.37. The molecule has 35 nitrogen and oxygen atoms in total.